The van der Waals surface area contributed by atoms with Crippen LogP contribution in [0.4, 0.5) is 0 Å². The highest BCUT2D eigenvalue weighted by atomic mass is 35.5. The average Bonchev–Trinajstić information content (AvgIpc) is 3.29. The number of thioether (sulfide) groups is 1. The van der Waals surface area contributed by atoms with E-state index in [0.717, 1.165) is 24.0 Å². The van der Waals surface area contributed by atoms with Crippen LogP contribution in [0.3, 0.4) is 0 Å². The summed E-state index contributed by atoms with van der Waals surface area (Å²) in [7, 11) is 0. The van der Waals surface area contributed by atoms with Crippen molar-refractivity contribution in [1.82, 2.24) is 9.80 Å². The van der Waals surface area contributed by atoms with Gasteiger partial charge in [0.05, 0.1) is 30.0 Å². The van der Waals surface area contributed by atoms with Crippen LogP contribution in [0.2, 0.25) is 10.0 Å². The van der Waals surface area contributed by atoms with Crippen LogP contribution in [0.1, 0.15) is 36.0 Å². The predicted molar refractivity (Wildman–Crippen MR) is 114 cm³/mol. The van der Waals surface area contributed by atoms with Gasteiger partial charge >= 0.3 is 0 Å². The summed E-state index contributed by atoms with van der Waals surface area (Å²) in [5.41, 5.74) is 0.869. The van der Waals surface area contributed by atoms with Gasteiger partial charge in [0.2, 0.25) is 5.91 Å². The molecule has 0 bridgehead atoms. The fraction of sp³-hybridized carbons (Fsp3) is 0.450. The second-order valence-corrected chi connectivity index (χ2v) is 9.43. The molecule has 1 amide bonds. The highest BCUT2D eigenvalue weighted by Gasteiger charge is 2.44. The molecule has 6 nitrogen and oxygen atoms in total. The zero-order valence-corrected chi connectivity index (χ0v) is 17.9. The molecule has 0 saturated carbocycles. The lowest BCUT2D eigenvalue weighted by molar-refractivity contribution is -0.134. The highest BCUT2D eigenvalue weighted by Crippen LogP contribution is 2.44. The zero-order chi connectivity index (χ0) is 20.2. The van der Waals surface area contributed by atoms with E-state index < -0.39 is 5.60 Å². The number of likely N-dealkylation sites (tertiary alicyclic amines) is 1. The molecule has 1 aromatic carbocycles. The summed E-state index contributed by atoms with van der Waals surface area (Å²) in [6.45, 7) is 2.77. The lowest BCUT2D eigenvalue weighted by atomic mass is 9.82. The van der Waals surface area contributed by atoms with Crippen LogP contribution in [0.25, 0.3) is 0 Å². The number of piperidine rings is 1. The third-order valence-electron chi connectivity index (χ3n) is 5.92. The van der Waals surface area contributed by atoms with Gasteiger partial charge in [0.1, 0.15) is 11.4 Å². The van der Waals surface area contributed by atoms with E-state index in [1.165, 1.54) is 0 Å². The predicted octanol–water partition coefficient (Wildman–Crippen LogP) is 3.97. The van der Waals surface area contributed by atoms with E-state index in [4.69, 9.17) is 27.9 Å². The first-order chi connectivity index (χ1) is 13.9. The van der Waals surface area contributed by atoms with Gasteiger partial charge in [0.25, 0.3) is 0 Å². The summed E-state index contributed by atoms with van der Waals surface area (Å²) in [6, 6.07) is 3.20. The minimum atomic E-state index is -0.602. The Bertz CT molecular complexity index is 970. The van der Waals surface area contributed by atoms with Crippen molar-refractivity contribution in [3.63, 3.8) is 0 Å². The summed E-state index contributed by atoms with van der Waals surface area (Å²) in [4.78, 5) is 34.0. The summed E-state index contributed by atoms with van der Waals surface area (Å²) in [6.07, 6.45) is 1.88. The number of aliphatic imine (C=N–C) groups is 1. The zero-order valence-electron chi connectivity index (χ0n) is 15.6. The number of carbonyl (C=O) groups is 2. The van der Waals surface area contributed by atoms with Crippen LogP contribution in [0.5, 0.6) is 5.75 Å². The van der Waals surface area contributed by atoms with E-state index in [1.807, 2.05) is 10.3 Å². The number of benzene rings is 1. The monoisotopic (exact) mass is 451 g/mol. The lowest BCUT2D eigenvalue weighted by Crippen LogP contribution is -2.52. The molecule has 0 aromatic heterocycles. The Labute approximate surface area is 182 Å². The normalized spacial score (nSPS) is 22.2. The molecule has 9 heteroatoms. The number of nitrogens with zero attached hydrogens (tertiary/aromatic N) is 3. The molecule has 0 unspecified atom stereocenters. The number of ketones is 1. The van der Waals surface area contributed by atoms with E-state index in [-0.39, 0.29) is 18.1 Å². The van der Waals surface area contributed by atoms with E-state index in [2.05, 4.69) is 9.89 Å². The number of amides is 1. The molecule has 1 fully saturated rings. The number of ether oxygens (including phenoxy) is 1. The Morgan fingerprint density at radius 1 is 1.24 bits per heavy atom. The van der Waals surface area contributed by atoms with E-state index in [0.29, 0.717) is 53.7 Å². The molecule has 0 aliphatic carbocycles. The molecular formula is C20H19Cl2N3O3S. The first-order valence-electron chi connectivity index (χ1n) is 9.61. The highest BCUT2D eigenvalue weighted by molar-refractivity contribution is 8.16. The van der Waals surface area contributed by atoms with Gasteiger partial charge in [-0.2, -0.15) is 0 Å². The van der Waals surface area contributed by atoms with Crippen LogP contribution in [0.15, 0.2) is 28.2 Å². The van der Waals surface area contributed by atoms with Crippen molar-refractivity contribution in [3.05, 3.63) is 38.8 Å². The first-order valence-corrected chi connectivity index (χ1v) is 11.2. The minimum absolute atomic E-state index is 0.00980. The van der Waals surface area contributed by atoms with Gasteiger partial charge in [0.15, 0.2) is 11.0 Å². The molecular weight excluding hydrogens is 433 g/mol. The van der Waals surface area contributed by atoms with Gasteiger partial charge in [0, 0.05) is 43.2 Å². The summed E-state index contributed by atoms with van der Waals surface area (Å²) in [5.74, 6) is 0.512. The van der Waals surface area contributed by atoms with Gasteiger partial charge in [-0.1, -0.05) is 35.0 Å². The summed E-state index contributed by atoms with van der Waals surface area (Å²) >= 11 is 13.9. The minimum Gasteiger partial charge on any atom is -0.484 e. The van der Waals surface area contributed by atoms with Crippen molar-refractivity contribution in [2.75, 3.05) is 26.2 Å². The standard InChI is InChI=1S/C20H19Cl2N3O3S/c21-12-7-14-16(26)10-20(28-18(14)15(22)8-12)1-4-24(5-2-20)17(27)9-13-11-29-19-23-3-6-25(13)19/h7-8,11H,1-6,9-10H2. The van der Waals surface area contributed by atoms with Crippen molar-refractivity contribution in [3.8, 4) is 5.75 Å². The molecule has 0 atom stereocenters. The second kappa shape index (κ2) is 7.22. The maximum absolute atomic E-state index is 12.8. The number of fused-ring (bicyclic) bond motifs is 2. The van der Waals surface area contributed by atoms with E-state index >= 15 is 0 Å². The number of amidine groups is 1. The molecule has 0 N–H and O–H groups in total. The van der Waals surface area contributed by atoms with Crippen LogP contribution in [0, 0.1) is 0 Å². The largest absolute Gasteiger partial charge is 0.484 e. The van der Waals surface area contributed by atoms with E-state index in [9.17, 15) is 9.59 Å². The van der Waals surface area contributed by atoms with Gasteiger partial charge in [-0.05, 0) is 17.5 Å². The maximum atomic E-state index is 12.8. The Balaban J connectivity index is 1.25. The Morgan fingerprint density at radius 2 is 2.03 bits per heavy atom. The van der Waals surface area contributed by atoms with Crippen LogP contribution in [-0.4, -0.2) is 58.4 Å². The number of rotatable bonds is 2. The van der Waals surface area contributed by atoms with Crippen molar-refractivity contribution < 1.29 is 14.3 Å². The lowest BCUT2D eigenvalue weighted by Gasteiger charge is -2.44. The third kappa shape index (κ3) is 3.43. The Hall–Kier alpha value is -1.70. The number of carbonyl (C=O) groups excluding carboxylic acids is 2. The summed E-state index contributed by atoms with van der Waals surface area (Å²) in [5, 5.41) is 3.80. The maximum Gasteiger partial charge on any atom is 0.228 e. The van der Waals surface area contributed by atoms with Crippen molar-refractivity contribution >= 4 is 51.8 Å². The second-order valence-electron chi connectivity index (χ2n) is 7.75. The molecule has 4 heterocycles. The molecule has 1 aromatic rings. The fourth-order valence-corrected chi connectivity index (χ4v) is 5.82. The molecule has 5 rings (SSSR count). The molecule has 4 aliphatic heterocycles. The van der Waals surface area contributed by atoms with Crippen LogP contribution < -0.4 is 4.74 Å². The molecule has 1 saturated heterocycles. The Morgan fingerprint density at radius 3 is 2.83 bits per heavy atom. The molecule has 29 heavy (non-hydrogen) atoms. The van der Waals surface area contributed by atoms with Gasteiger partial charge in [-0.15, -0.1) is 0 Å². The van der Waals surface area contributed by atoms with Crippen LogP contribution in [-0.2, 0) is 4.79 Å². The van der Waals surface area contributed by atoms with Crippen molar-refractivity contribution in [1.29, 1.82) is 0 Å². The fourth-order valence-electron chi connectivity index (χ4n) is 4.34. The van der Waals surface area contributed by atoms with Crippen molar-refractivity contribution in [2.45, 2.75) is 31.3 Å². The quantitative estimate of drug-likeness (QED) is 0.680. The van der Waals surface area contributed by atoms with Gasteiger partial charge < -0.3 is 14.5 Å². The molecule has 4 aliphatic rings. The first kappa shape index (κ1) is 19.3. The SMILES string of the molecule is O=C1CC2(CCN(C(=O)CC3=CSC4=NCCN34)CC2)Oc2c(Cl)cc(Cl)cc21. The number of halogens is 2. The average molecular weight is 452 g/mol. The third-order valence-corrected chi connectivity index (χ3v) is 7.37. The molecule has 1 spiro atoms. The van der Waals surface area contributed by atoms with Gasteiger partial charge in [-0.25, -0.2) is 0 Å². The van der Waals surface area contributed by atoms with Crippen LogP contribution >= 0.6 is 35.0 Å². The number of hydrogen-bond acceptors (Lipinski definition) is 6. The number of hydrogen-bond donors (Lipinski definition) is 0. The van der Waals surface area contributed by atoms with E-state index in [1.54, 1.807) is 23.9 Å². The van der Waals surface area contributed by atoms with Gasteiger partial charge in [-0.3, -0.25) is 14.6 Å². The molecule has 0 radical (unpaired) electrons. The smallest absolute Gasteiger partial charge is 0.228 e. The topological polar surface area (TPSA) is 62.2 Å². The van der Waals surface area contributed by atoms with Crippen molar-refractivity contribution in [2.24, 2.45) is 4.99 Å². The Kier molecular flexibility index (Phi) is 4.80. The molecule has 152 valence electrons. The summed E-state index contributed by atoms with van der Waals surface area (Å²) < 4.78 is 6.25. The number of Topliss-reactive ketones (excluding diaryl/α,β-unsaturated/α-hetero) is 1.